The van der Waals surface area contributed by atoms with E-state index in [9.17, 15) is 23.1 Å². The van der Waals surface area contributed by atoms with Crippen LogP contribution in [0, 0.1) is 5.92 Å². The van der Waals surface area contributed by atoms with Crippen molar-refractivity contribution in [3.05, 3.63) is 58.7 Å². The van der Waals surface area contributed by atoms with E-state index in [2.05, 4.69) is 4.90 Å². The number of carbonyl (C=O) groups is 1. The van der Waals surface area contributed by atoms with Crippen molar-refractivity contribution >= 4 is 24.5 Å². The lowest BCUT2D eigenvalue weighted by molar-refractivity contribution is -0.143. The van der Waals surface area contributed by atoms with E-state index in [1.807, 2.05) is 12.1 Å². The van der Waals surface area contributed by atoms with Crippen LogP contribution in [0.15, 0.2) is 42.0 Å². The molecule has 0 bridgehead atoms. The average Bonchev–Trinajstić information content (AvgIpc) is 2.83. The van der Waals surface area contributed by atoms with Crippen LogP contribution < -0.4 is 14.2 Å². The Morgan fingerprint density at radius 1 is 1.19 bits per heavy atom. The molecule has 1 atom stereocenters. The van der Waals surface area contributed by atoms with Crippen molar-refractivity contribution in [2.45, 2.75) is 40.0 Å². The summed E-state index contributed by atoms with van der Waals surface area (Å²) in [5.74, 6) is -0.152. The van der Waals surface area contributed by atoms with E-state index in [4.69, 9.17) is 14.2 Å². The molecule has 0 aromatic heterocycles. The zero-order valence-electron chi connectivity index (χ0n) is 19.8. The Bertz CT molecular complexity index is 1110. The second kappa shape index (κ2) is 13.1. The Balaban J connectivity index is 0.00000241. The van der Waals surface area contributed by atoms with Gasteiger partial charge in [-0.15, -0.1) is 12.4 Å². The lowest BCUT2D eigenvalue weighted by Gasteiger charge is -2.32. The first-order valence-electron chi connectivity index (χ1n) is 11.6. The number of fused-ring (bicyclic) bond motifs is 1. The second-order valence-corrected chi connectivity index (χ2v) is 8.75. The van der Waals surface area contributed by atoms with Crippen LogP contribution in [0.25, 0.3) is 6.08 Å². The number of ether oxygens (including phenoxy) is 3. The monoisotopic (exact) mass is 543 g/mol. The van der Waals surface area contributed by atoms with Crippen molar-refractivity contribution < 1.29 is 37.3 Å². The van der Waals surface area contributed by atoms with Crippen LogP contribution in [0.1, 0.15) is 43.9 Å². The van der Waals surface area contributed by atoms with Crippen LogP contribution in [-0.2, 0) is 17.6 Å². The van der Waals surface area contributed by atoms with Crippen molar-refractivity contribution in [3.8, 4) is 17.2 Å². The summed E-state index contributed by atoms with van der Waals surface area (Å²) >= 11 is 0. The van der Waals surface area contributed by atoms with Gasteiger partial charge in [-0.1, -0.05) is 13.5 Å². The molecule has 204 valence electrons. The van der Waals surface area contributed by atoms with Crippen molar-refractivity contribution in [2.24, 2.45) is 5.92 Å². The smallest absolute Gasteiger partial charge is 0.419 e. The van der Waals surface area contributed by atoms with Crippen molar-refractivity contribution in [3.63, 3.8) is 0 Å². The number of hydrogen-bond acceptors (Lipinski definition) is 5. The zero-order valence-corrected chi connectivity index (χ0v) is 20.7. The van der Waals surface area contributed by atoms with Crippen LogP contribution in [-0.4, -0.2) is 48.8 Å². The Morgan fingerprint density at radius 3 is 2.68 bits per heavy atom. The maximum Gasteiger partial charge on any atom is 0.419 e. The van der Waals surface area contributed by atoms with E-state index in [0.29, 0.717) is 43.2 Å². The number of carboxylic acid groups (broad SMARTS) is 1. The Hall–Kier alpha value is -2.91. The number of likely N-dealkylation sites (tertiary alicyclic amines) is 1. The molecule has 0 unspecified atom stereocenters. The van der Waals surface area contributed by atoms with E-state index in [1.54, 1.807) is 25.1 Å². The first-order valence-corrected chi connectivity index (χ1v) is 11.6. The van der Waals surface area contributed by atoms with Gasteiger partial charge in [0.05, 0.1) is 18.1 Å². The minimum absolute atomic E-state index is 0. The topological polar surface area (TPSA) is 68.2 Å². The summed E-state index contributed by atoms with van der Waals surface area (Å²) in [6.07, 6.45) is -0.912. The number of halogens is 4. The molecule has 37 heavy (non-hydrogen) atoms. The largest absolute Gasteiger partial charge is 0.493 e. The van der Waals surface area contributed by atoms with E-state index >= 15 is 0 Å². The number of nitrogens with zero attached hydrogens (tertiary/aromatic N) is 1. The SMILES string of the molecule is C.CCOc1ccc(COc2ccc3c(c2)OCC(CN2CCC[C@@H](C(=O)O)C2)=C3)cc1C(F)(F)F.Cl. The highest BCUT2D eigenvalue weighted by atomic mass is 35.5. The lowest BCUT2D eigenvalue weighted by atomic mass is 9.97. The van der Waals surface area contributed by atoms with Crippen molar-refractivity contribution in [2.75, 3.05) is 32.8 Å². The molecule has 0 aliphatic carbocycles. The Labute approximate surface area is 221 Å². The van der Waals surface area contributed by atoms with Crippen LogP contribution >= 0.6 is 12.4 Å². The number of piperidine rings is 1. The number of alkyl halides is 3. The zero-order chi connectivity index (χ0) is 25.0. The third-order valence-corrected chi connectivity index (χ3v) is 6.09. The summed E-state index contributed by atoms with van der Waals surface area (Å²) in [5.41, 5.74) is 1.50. The molecule has 0 radical (unpaired) electrons. The molecule has 1 N–H and O–H groups in total. The van der Waals surface area contributed by atoms with Gasteiger partial charge in [0.15, 0.2) is 0 Å². The predicted octanol–water partition coefficient (Wildman–Crippen LogP) is 6.31. The molecule has 2 aliphatic heterocycles. The molecule has 0 amide bonds. The van der Waals surface area contributed by atoms with Crippen LogP contribution in [0.2, 0.25) is 0 Å². The molecule has 1 saturated heterocycles. The molecule has 2 aliphatic rings. The molecule has 10 heteroatoms. The molecule has 2 aromatic carbocycles. The Kier molecular flexibility index (Phi) is 10.7. The van der Waals surface area contributed by atoms with Gasteiger partial charge in [-0.25, -0.2) is 0 Å². The number of carboxylic acids is 1. The van der Waals surface area contributed by atoms with Gasteiger partial charge in [0.25, 0.3) is 0 Å². The van der Waals surface area contributed by atoms with E-state index in [1.165, 1.54) is 6.07 Å². The quantitative estimate of drug-likeness (QED) is 0.420. The second-order valence-electron chi connectivity index (χ2n) is 8.75. The molecule has 0 saturated carbocycles. The van der Waals surface area contributed by atoms with Gasteiger partial charge in [0.1, 0.15) is 30.5 Å². The average molecular weight is 544 g/mol. The van der Waals surface area contributed by atoms with Gasteiger partial charge in [0, 0.05) is 24.7 Å². The molecule has 6 nitrogen and oxygen atoms in total. The summed E-state index contributed by atoms with van der Waals surface area (Å²) in [6, 6.07) is 9.24. The van der Waals surface area contributed by atoms with Gasteiger partial charge >= 0.3 is 12.1 Å². The lowest BCUT2D eigenvalue weighted by Crippen LogP contribution is -2.40. The summed E-state index contributed by atoms with van der Waals surface area (Å²) in [7, 11) is 0. The fourth-order valence-corrected chi connectivity index (χ4v) is 4.40. The minimum atomic E-state index is -4.52. The number of benzene rings is 2. The Morgan fingerprint density at radius 2 is 1.97 bits per heavy atom. The molecular formula is C27H33ClF3NO5. The van der Waals surface area contributed by atoms with Crippen LogP contribution in [0.5, 0.6) is 17.2 Å². The highest BCUT2D eigenvalue weighted by Crippen LogP contribution is 2.37. The van der Waals surface area contributed by atoms with E-state index in [-0.39, 0.29) is 44.7 Å². The summed E-state index contributed by atoms with van der Waals surface area (Å²) < 4.78 is 56.8. The highest BCUT2D eigenvalue weighted by molar-refractivity contribution is 5.85. The maximum absolute atomic E-state index is 13.4. The van der Waals surface area contributed by atoms with Gasteiger partial charge in [-0.3, -0.25) is 9.69 Å². The maximum atomic E-state index is 13.4. The fourth-order valence-electron chi connectivity index (χ4n) is 4.40. The van der Waals surface area contributed by atoms with Gasteiger partial charge < -0.3 is 19.3 Å². The molecule has 0 spiro atoms. The third-order valence-electron chi connectivity index (χ3n) is 6.09. The van der Waals surface area contributed by atoms with Crippen molar-refractivity contribution in [1.29, 1.82) is 0 Å². The molecule has 2 aromatic rings. The summed E-state index contributed by atoms with van der Waals surface area (Å²) in [6.45, 7) is 4.19. The fraction of sp³-hybridized carbons (Fsp3) is 0.444. The van der Waals surface area contributed by atoms with Crippen LogP contribution in [0.3, 0.4) is 0 Å². The standard InChI is InChI=1S/C26H28F3NO5.CH4.ClH/c1-2-33-23-8-5-17(11-22(23)26(27,28)29)15-34-21-7-6-19-10-18(16-35-24(19)12-21)13-30-9-3-4-20(14-30)25(31)32;;/h5-8,10-12,20H,2-4,9,13-16H2,1H3,(H,31,32);1H4;1H/t20-;;/m1../s1. The number of rotatable bonds is 8. The number of aliphatic carboxylic acids is 1. The predicted molar refractivity (Wildman–Crippen MR) is 138 cm³/mol. The summed E-state index contributed by atoms with van der Waals surface area (Å²) in [5, 5.41) is 9.28. The molecule has 4 rings (SSSR count). The van der Waals surface area contributed by atoms with Gasteiger partial charge in [-0.05, 0) is 67.8 Å². The summed E-state index contributed by atoms with van der Waals surface area (Å²) in [4.78, 5) is 13.4. The first-order chi connectivity index (χ1) is 16.7. The van der Waals surface area contributed by atoms with Gasteiger partial charge in [0.2, 0.25) is 0 Å². The minimum Gasteiger partial charge on any atom is -0.493 e. The third kappa shape index (κ3) is 7.79. The first kappa shape index (κ1) is 30.3. The molecular weight excluding hydrogens is 511 g/mol. The number of hydrogen-bond donors (Lipinski definition) is 1. The molecule has 1 fully saturated rings. The van der Waals surface area contributed by atoms with E-state index in [0.717, 1.165) is 30.2 Å². The normalized spacial score (nSPS) is 17.3. The van der Waals surface area contributed by atoms with Crippen LogP contribution in [0.4, 0.5) is 13.2 Å². The molecule has 2 heterocycles. The van der Waals surface area contributed by atoms with Crippen molar-refractivity contribution in [1.82, 2.24) is 4.90 Å². The van der Waals surface area contributed by atoms with Gasteiger partial charge in [-0.2, -0.15) is 13.2 Å². The highest BCUT2D eigenvalue weighted by Gasteiger charge is 2.34. The van der Waals surface area contributed by atoms with E-state index < -0.39 is 17.7 Å².